The minimum atomic E-state index is 0. The zero-order chi connectivity index (χ0) is 17.4. The molecule has 5 nitrogen and oxygen atoms in total. The Balaban J connectivity index is 0.00000312. The first-order valence-corrected chi connectivity index (χ1v) is 8.85. The van der Waals surface area contributed by atoms with Crippen LogP contribution in [0.15, 0.2) is 35.3 Å². The van der Waals surface area contributed by atoms with Crippen LogP contribution >= 0.6 is 24.0 Å². The lowest BCUT2D eigenvalue weighted by atomic mass is 9.79. The zero-order valence-electron chi connectivity index (χ0n) is 15.5. The van der Waals surface area contributed by atoms with Gasteiger partial charge in [0.25, 0.3) is 0 Å². The predicted octanol–water partition coefficient (Wildman–Crippen LogP) is 2.76. The lowest BCUT2D eigenvalue weighted by Gasteiger charge is -2.30. The van der Waals surface area contributed by atoms with E-state index in [0.717, 1.165) is 19.0 Å². The van der Waals surface area contributed by atoms with Gasteiger partial charge in [-0.05, 0) is 25.3 Å². The highest BCUT2D eigenvalue weighted by Gasteiger charge is 2.35. The number of nitrogens with one attached hydrogen (secondary N) is 2. The van der Waals surface area contributed by atoms with Gasteiger partial charge in [0.1, 0.15) is 6.54 Å². The Morgan fingerprint density at radius 3 is 2.36 bits per heavy atom. The highest BCUT2D eigenvalue weighted by atomic mass is 127. The summed E-state index contributed by atoms with van der Waals surface area (Å²) in [5.74, 6) is 0.723. The molecule has 0 aromatic heterocycles. The molecule has 0 aliphatic heterocycles. The number of hydrogen-bond donors (Lipinski definition) is 2. The average molecular weight is 458 g/mol. The van der Waals surface area contributed by atoms with Gasteiger partial charge in [-0.15, -0.1) is 24.0 Å². The molecule has 1 aliphatic carbocycles. The number of guanidine groups is 1. The summed E-state index contributed by atoms with van der Waals surface area (Å²) in [6.45, 7) is 3.83. The molecule has 2 N–H and O–H groups in total. The van der Waals surface area contributed by atoms with Gasteiger partial charge in [0.15, 0.2) is 5.96 Å². The first-order valence-electron chi connectivity index (χ1n) is 8.85. The molecule has 0 radical (unpaired) electrons. The Morgan fingerprint density at radius 2 is 1.80 bits per heavy atom. The largest absolute Gasteiger partial charge is 0.357 e. The molecule has 0 atom stereocenters. The summed E-state index contributed by atoms with van der Waals surface area (Å²) in [7, 11) is 3.50. The van der Waals surface area contributed by atoms with Gasteiger partial charge in [0.05, 0.1) is 0 Å². The Kier molecular flexibility index (Phi) is 9.24. The number of benzene rings is 1. The number of rotatable bonds is 6. The van der Waals surface area contributed by atoms with E-state index >= 15 is 0 Å². The number of aliphatic imine (C=N–C) groups is 1. The van der Waals surface area contributed by atoms with Crippen LogP contribution in [0.4, 0.5) is 0 Å². The molecule has 1 amide bonds. The van der Waals surface area contributed by atoms with Crippen molar-refractivity contribution in [3.05, 3.63) is 35.9 Å². The van der Waals surface area contributed by atoms with E-state index in [4.69, 9.17) is 0 Å². The smallest absolute Gasteiger partial charge is 0.243 e. The maximum Gasteiger partial charge on any atom is 0.243 e. The monoisotopic (exact) mass is 458 g/mol. The van der Waals surface area contributed by atoms with E-state index in [-0.39, 0.29) is 41.8 Å². The molecule has 1 aromatic rings. The molecule has 6 heteroatoms. The van der Waals surface area contributed by atoms with E-state index in [0.29, 0.717) is 0 Å². The fourth-order valence-corrected chi connectivity index (χ4v) is 3.29. The standard InChI is InChI=1S/C19H30N4O.HI/c1-4-20-18(21-14-17(24)23(2)3)22-15-19(12-8-9-13-19)16-10-6-5-7-11-16;/h5-7,10-11H,4,8-9,12-15H2,1-3H3,(H2,20,21,22);1H. The van der Waals surface area contributed by atoms with E-state index in [1.165, 1.54) is 31.2 Å². The van der Waals surface area contributed by atoms with Gasteiger partial charge >= 0.3 is 0 Å². The second-order valence-electron chi connectivity index (χ2n) is 6.69. The number of nitrogens with zero attached hydrogens (tertiary/aromatic N) is 2. The number of amides is 1. The maximum atomic E-state index is 11.8. The molecular formula is C19H31IN4O. The Bertz CT molecular complexity index is 554. The van der Waals surface area contributed by atoms with Crippen LogP contribution in [0.1, 0.15) is 38.2 Å². The van der Waals surface area contributed by atoms with Crippen LogP contribution in [0.25, 0.3) is 0 Å². The lowest BCUT2D eigenvalue weighted by Crippen LogP contribution is -2.45. The molecule has 140 valence electrons. The van der Waals surface area contributed by atoms with Crippen molar-refractivity contribution >= 4 is 35.8 Å². The SMILES string of the molecule is CCNC(=NCC(=O)N(C)C)NCC1(c2ccccc2)CCCC1.I. The molecule has 0 spiro atoms. The maximum absolute atomic E-state index is 11.8. The number of carbonyl (C=O) groups is 1. The minimum Gasteiger partial charge on any atom is -0.357 e. The van der Waals surface area contributed by atoms with Gasteiger partial charge in [-0.25, -0.2) is 4.99 Å². The van der Waals surface area contributed by atoms with Crippen molar-refractivity contribution in [3.8, 4) is 0 Å². The Morgan fingerprint density at radius 1 is 1.16 bits per heavy atom. The molecular weight excluding hydrogens is 427 g/mol. The van der Waals surface area contributed by atoms with Gasteiger partial charge in [0, 0.05) is 32.6 Å². The molecule has 25 heavy (non-hydrogen) atoms. The third-order valence-corrected chi connectivity index (χ3v) is 4.76. The average Bonchev–Trinajstić information content (AvgIpc) is 3.08. The van der Waals surface area contributed by atoms with Crippen molar-refractivity contribution in [1.82, 2.24) is 15.5 Å². The summed E-state index contributed by atoms with van der Waals surface area (Å²) in [5, 5.41) is 6.70. The quantitative estimate of drug-likeness (QED) is 0.392. The number of hydrogen-bond acceptors (Lipinski definition) is 2. The molecule has 1 aliphatic rings. The number of carbonyl (C=O) groups excluding carboxylic acids is 1. The Hall–Kier alpha value is -1.31. The highest BCUT2D eigenvalue weighted by molar-refractivity contribution is 14.0. The topological polar surface area (TPSA) is 56.7 Å². The molecule has 1 fully saturated rings. The van der Waals surface area contributed by atoms with Crippen LogP contribution in [0, 0.1) is 0 Å². The van der Waals surface area contributed by atoms with Gasteiger partial charge in [-0.2, -0.15) is 0 Å². The fraction of sp³-hybridized carbons (Fsp3) is 0.579. The van der Waals surface area contributed by atoms with E-state index in [1.54, 1.807) is 19.0 Å². The third-order valence-electron chi connectivity index (χ3n) is 4.76. The van der Waals surface area contributed by atoms with Crippen molar-refractivity contribution in [1.29, 1.82) is 0 Å². The van der Waals surface area contributed by atoms with E-state index < -0.39 is 0 Å². The lowest BCUT2D eigenvalue weighted by molar-refractivity contribution is -0.127. The van der Waals surface area contributed by atoms with Crippen LogP contribution in [0.5, 0.6) is 0 Å². The summed E-state index contributed by atoms with van der Waals surface area (Å²) in [5.41, 5.74) is 1.57. The van der Waals surface area contributed by atoms with Crippen LogP contribution in [-0.2, 0) is 10.2 Å². The second-order valence-corrected chi connectivity index (χ2v) is 6.69. The normalized spacial score (nSPS) is 16.0. The summed E-state index contributed by atoms with van der Waals surface area (Å²) in [6, 6.07) is 10.8. The van der Waals surface area contributed by atoms with E-state index in [9.17, 15) is 4.79 Å². The van der Waals surface area contributed by atoms with Crippen LogP contribution < -0.4 is 10.6 Å². The molecule has 2 rings (SSSR count). The first kappa shape index (κ1) is 21.7. The predicted molar refractivity (Wildman–Crippen MR) is 115 cm³/mol. The minimum absolute atomic E-state index is 0. The van der Waals surface area contributed by atoms with Crippen LogP contribution in [0.2, 0.25) is 0 Å². The Labute approximate surface area is 168 Å². The number of halogens is 1. The van der Waals surface area contributed by atoms with Crippen molar-refractivity contribution in [2.75, 3.05) is 33.7 Å². The molecule has 1 saturated carbocycles. The van der Waals surface area contributed by atoms with E-state index in [2.05, 4.69) is 46.0 Å². The molecule has 0 saturated heterocycles. The summed E-state index contributed by atoms with van der Waals surface area (Å²) in [4.78, 5) is 17.7. The van der Waals surface area contributed by atoms with Gasteiger partial charge in [-0.3, -0.25) is 4.79 Å². The van der Waals surface area contributed by atoms with Gasteiger partial charge in [0.2, 0.25) is 5.91 Å². The van der Waals surface area contributed by atoms with Crippen molar-refractivity contribution < 1.29 is 4.79 Å². The van der Waals surface area contributed by atoms with Gasteiger partial charge in [-0.1, -0.05) is 43.2 Å². The summed E-state index contributed by atoms with van der Waals surface area (Å²) >= 11 is 0. The van der Waals surface area contributed by atoms with Crippen LogP contribution in [0.3, 0.4) is 0 Å². The van der Waals surface area contributed by atoms with Gasteiger partial charge < -0.3 is 15.5 Å². The van der Waals surface area contributed by atoms with Crippen molar-refractivity contribution in [2.24, 2.45) is 4.99 Å². The van der Waals surface area contributed by atoms with E-state index in [1.807, 2.05) is 6.92 Å². The third kappa shape index (κ3) is 6.17. The molecule has 0 unspecified atom stereocenters. The molecule has 0 heterocycles. The van der Waals surface area contributed by atoms with Crippen molar-refractivity contribution in [3.63, 3.8) is 0 Å². The zero-order valence-corrected chi connectivity index (χ0v) is 17.9. The highest BCUT2D eigenvalue weighted by Crippen LogP contribution is 2.40. The number of likely N-dealkylation sites (N-methyl/N-ethyl adjacent to an activating group) is 1. The summed E-state index contributed by atoms with van der Waals surface area (Å²) < 4.78 is 0. The van der Waals surface area contributed by atoms with Crippen LogP contribution in [-0.4, -0.2) is 50.5 Å². The fourth-order valence-electron chi connectivity index (χ4n) is 3.29. The van der Waals surface area contributed by atoms with Crippen molar-refractivity contribution in [2.45, 2.75) is 38.0 Å². The summed E-state index contributed by atoms with van der Waals surface area (Å²) in [6.07, 6.45) is 4.92. The molecule has 1 aromatic carbocycles. The first-order chi connectivity index (χ1) is 11.6. The molecule has 0 bridgehead atoms. The second kappa shape index (κ2) is 10.6.